The quantitative estimate of drug-likeness (QED) is 0.424. The fourth-order valence-corrected chi connectivity index (χ4v) is 3.09. The lowest BCUT2D eigenvalue weighted by molar-refractivity contribution is -0.0167. The van der Waals surface area contributed by atoms with Crippen molar-refractivity contribution in [3.05, 3.63) is 59.4 Å². The largest absolute Gasteiger partial charge is 0.464 e. The zero-order valence-corrected chi connectivity index (χ0v) is 16.1. The molecular formula is C21H26N4O3. The molecule has 0 saturated heterocycles. The summed E-state index contributed by atoms with van der Waals surface area (Å²) in [7, 11) is 0. The van der Waals surface area contributed by atoms with Gasteiger partial charge in [-0.2, -0.15) is 0 Å². The molecule has 1 aromatic heterocycles. The van der Waals surface area contributed by atoms with E-state index < -0.39 is 12.2 Å². The Bertz CT molecular complexity index is 954. The fraction of sp³-hybridized carbons (Fsp3) is 0.333. The molecule has 2 aromatic carbocycles. The first-order chi connectivity index (χ1) is 13.4. The third-order valence-corrected chi connectivity index (χ3v) is 4.78. The molecule has 7 heteroatoms. The van der Waals surface area contributed by atoms with E-state index in [0.717, 1.165) is 29.4 Å². The van der Waals surface area contributed by atoms with Crippen molar-refractivity contribution < 1.29 is 14.6 Å². The molecule has 2 atom stereocenters. The Morgan fingerprint density at radius 1 is 1.32 bits per heavy atom. The third kappa shape index (κ3) is 5.09. The average molecular weight is 382 g/mol. The molecule has 0 saturated carbocycles. The maximum absolute atomic E-state index is 11.2. The van der Waals surface area contributed by atoms with Crippen LogP contribution in [-0.4, -0.2) is 39.9 Å². The Hall–Kier alpha value is -2.90. The van der Waals surface area contributed by atoms with Crippen LogP contribution in [0, 0.1) is 6.92 Å². The molecule has 1 amide bonds. The zero-order chi connectivity index (χ0) is 20.1. The van der Waals surface area contributed by atoms with Crippen LogP contribution in [-0.2, 0) is 6.42 Å². The molecule has 0 bridgehead atoms. The van der Waals surface area contributed by atoms with Crippen LogP contribution in [0.2, 0.25) is 0 Å². The van der Waals surface area contributed by atoms with E-state index in [1.165, 1.54) is 5.56 Å². The number of hydrogen-bond donors (Lipinski definition) is 4. The highest BCUT2D eigenvalue weighted by Gasteiger charge is 2.11. The molecule has 0 fully saturated rings. The first kappa shape index (κ1) is 19.9. The molecule has 3 rings (SSSR count). The van der Waals surface area contributed by atoms with Crippen molar-refractivity contribution in [1.29, 1.82) is 0 Å². The number of hydrogen-bond acceptors (Lipinski definition) is 5. The molecule has 0 aliphatic carbocycles. The van der Waals surface area contributed by atoms with Gasteiger partial charge in [-0.25, -0.2) is 4.98 Å². The summed E-state index contributed by atoms with van der Waals surface area (Å²) in [5.74, 6) is 0.175. The molecule has 0 radical (unpaired) electrons. The van der Waals surface area contributed by atoms with Crippen molar-refractivity contribution in [3.63, 3.8) is 0 Å². The van der Waals surface area contributed by atoms with Gasteiger partial charge >= 0.3 is 0 Å². The first-order valence-corrected chi connectivity index (χ1v) is 9.33. The summed E-state index contributed by atoms with van der Waals surface area (Å²) in [5.41, 5.74) is 9.80. The van der Waals surface area contributed by atoms with Crippen LogP contribution in [0.1, 0.15) is 34.8 Å². The Morgan fingerprint density at radius 2 is 2.14 bits per heavy atom. The van der Waals surface area contributed by atoms with Gasteiger partial charge in [0, 0.05) is 17.7 Å². The normalized spacial score (nSPS) is 13.4. The highest BCUT2D eigenvalue weighted by Crippen LogP contribution is 2.18. The van der Waals surface area contributed by atoms with E-state index >= 15 is 0 Å². The van der Waals surface area contributed by atoms with E-state index in [2.05, 4.69) is 22.2 Å². The Labute approximate surface area is 163 Å². The Balaban J connectivity index is 1.44. The summed E-state index contributed by atoms with van der Waals surface area (Å²) in [6, 6.07) is 11.2. The number of aryl methyl sites for hydroxylation is 2. The van der Waals surface area contributed by atoms with E-state index in [9.17, 15) is 9.90 Å². The van der Waals surface area contributed by atoms with Gasteiger partial charge in [-0.1, -0.05) is 6.07 Å². The van der Waals surface area contributed by atoms with Gasteiger partial charge in [0.2, 0.25) is 12.2 Å². The number of aromatic nitrogens is 2. The molecule has 7 nitrogen and oxygen atoms in total. The minimum Gasteiger partial charge on any atom is -0.464 e. The average Bonchev–Trinajstić information content (AvgIpc) is 3.13. The molecule has 3 aromatic rings. The number of benzene rings is 2. The number of aromatic amines is 1. The predicted octanol–water partition coefficient (Wildman–Crippen LogP) is 2.28. The van der Waals surface area contributed by atoms with Crippen LogP contribution < -0.4 is 15.8 Å². The van der Waals surface area contributed by atoms with E-state index in [0.29, 0.717) is 17.9 Å². The summed E-state index contributed by atoms with van der Waals surface area (Å²) in [5, 5.41) is 13.4. The number of aliphatic hydroxyl groups is 1. The van der Waals surface area contributed by atoms with E-state index in [-0.39, 0.29) is 6.04 Å². The van der Waals surface area contributed by atoms with Crippen LogP contribution in [0.5, 0.6) is 5.75 Å². The second-order valence-corrected chi connectivity index (χ2v) is 7.01. The Kier molecular flexibility index (Phi) is 6.28. The molecule has 2 unspecified atom stereocenters. The summed E-state index contributed by atoms with van der Waals surface area (Å²) >= 11 is 0. The maximum Gasteiger partial charge on any atom is 0.248 e. The minimum atomic E-state index is -0.945. The van der Waals surface area contributed by atoms with Gasteiger partial charge in [-0.05, 0) is 62.1 Å². The number of carbonyl (C=O) groups is 1. The predicted molar refractivity (Wildman–Crippen MR) is 108 cm³/mol. The minimum absolute atomic E-state index is 0.198. The van der Waals surface area contributed by atoms with Crippen molar-refractivity contribution in [3.8, 4) is 5.75 Å². The number of aliphatic hydroxyl groups excluding tert-OH is 1. The number of primary amides is 1. The number of rotatable bonds is 9. The van der Waals surface area contributed by atoms with Crippen LogP contribution in [0.3, 0.4) is 0 Å². The molecule has 0 aliphatic rings. The van der Waals surface area contributed by atoms with Gasteiger partial charge in [-0.15, -0.1) is 0 Å². The number of nitrogens with zero attached hydrogens (tertiary/aromatic N) is 1. The van der Waals surface area contributed by atoms with Crippen molar-refractivity contribution in [2.75, 3.05) is 6.54 Å². The van der Waals surface area contributed by atoms with E-state index in [1.54, 1.807) is 18.5 Å². The van der Waals surface area contributed by atoms with Crippen molar-refractivity contribution in [2.24, 2.45) is 5.73 Å². The van der Waals surface area contributed by atoms with Gasteiger partial charge in [0.15, 0.2) is 0 Å². The van der Waals surface area contributed by atoms with Gasteiger partial charge < -0.3 is 25.9 Å². The molecule has 28 heavy (non-hydrogen) atoms. The number of amides is 1. The molecule has 1 heterocycles. The number of nitrogens with one attached hydrogen (secondary N) is 2. The van der Waals surface area contributed by atoms with Gasteiger partial charge in [-0.3, -0.25) is 4.79 Å². The second-order valence-electron chi connectivity index (χ2n) is 7.01. The lowest BCUT2D eigenvalue weighted by Gasteiger charge is -2.18. The first-order valence-electron chi connectivity index (χ1n) is 9.33. The standard InChI is InChI=1S/C21H26N4O3/c1-13-9-16(21(22)27)6-5-15(13)4-3-14(2)23-11-20(26)28-17-7-8-18-19(10-17)25-12-24-18/h5-10,12,14,20,23,26H,3-4,11H2,1-2H3,(H2,22,27)(H,24,25). The molecular weight excluding hydrogens is 356 g/mol. The van der Waals surface area contributed by atoms with Gasteiger partial charge in [0.25, 0.3) is 0 Å². The lowest BCUT2D eigenvalue weighted by atomic mass is 9.99. The topological polar surface area (TPSA) is 113 Å². The smallest absolute Gasteiger partial charge is 0.248 e. The summed E-state index contributed by atoms with van der Waals surface area (Å²) in [6.45, 7) is 4.37. The summed E-state index contributed by atoms with van der Waals surface area (Å²) in [6.07, 6.45) is 2.44. The number of fused-ring (bicyclic) bond motifs is 1. The number of H-pyrrole nitrogens is 1. The fourth-order valence-electron chi connectivity index (χ4n) is 3.09. The van der Waals surface area contributed by atoms with Crippen LogP contribution in [0.25, 0.3) is 11.0 Å². The van der Waals surface area contributed by atoms with Crippen LogP contribution >= 0.6 is 0 Å². The second kappa shape index (κ2) is 8.86. The highest BCUT2D eigenvalue weighted by molar-refractivity contribution is 5.93. The van der Waals surface area contributed by atoms with E-state index in [4.69, 9.17) is 10.5 Å². The Morgan fingerprint density at radius 3 is 2.89 bits per heavy atom. The van der Waals surface area contributed by atoms with Gasteiger partial charge in [0.1, 0.15) is 5.75 Å². The lowest BCUT2D eigenvalue weighted by Crippen LogP contribution is -2.36. The number of imidazole rings is 1. The highest BCUT2D eigenvalue weighted by atomic mass is 16.6. The number of carbonyl (C=O) groups excluding carboxylic acids is 1. The maximum atomic E-state index is 11.2. The summed E-state index contributed by atoms with van der Waals surface area (Å²) < 4.78 is 5.56. The van der Waals surface area contributed by atoms with Gasteiger partial charge in [0.05, 0.1) is 23.9 Å². The van der Waals surface area contributed by atoms with E-state index in [1.807, 2.05) is 31.2 Å². The van der Waals surface area contributed by atoms with Crippen LogP contribution in [0.4, 0.5) is 0 Å². The number of ether oxygens (including phenoxy) is 1. The number of nitrogens with two attached hydrogens (primary N) is 1. The molecule has 5 N–H and O–H groups in total. The van der Waals surface area contributed by atoms with Crippen molar-refractivity contribution in [2.45, 2.75) is 39.0 Å². The van der Waals surface area contributed by atoms with Crippen molar-refractivity contribution in [1.82, 2.24) is 15.3 Å². The van der Waals surface area contributed by atoms with Crippen molar-refractivity contribution >= 4 is 16.9 Å². The monoisotopic (exact) mass is 382 g/mol. The van der Waals surface area contributed by atoms with Crippen LogP contribution in [0.15, 0.2) is 42.7 Å². The zero-order valence-electron chi connectivity index (χ0n) is 16.1. The molecule has 0 spiro atoms. The summed E-state index contributed by atoms with van der Waals surface area (Å²) in [4.78, 5) is 18.4. The molecule has 148 valence electrons. The third-order valence-electron chi connectivity index (χ3n) is 4.78. The molecule has 0 aliphatic heterocycles. The SMILES string of the molecule is Cc1cc(C(N)=O)ccc1CCC(C)NCC(O)Oc1ccc2nc[nH]c2c1.